The molecule has 0 bridgehead atoms. The average molecular weight is 533 g/mol. The average Bonchev–Trinajstić information content (AvgIpc) is 3.58. The molecule has 1 amide bonds. The number of pyridine rings is 1. The SMILES string of the molecule is COc1ccc2nccc(N3C(=O)c4cccc(-c5cn(C)nc5C(F)(F)F)c4CC3Cn3ccnc3)c2c1. The maximum Gasteiger partial charge on any atom is 0.435 e. The third kappa shape index (κ3) is 4.29. The van der Waals surface area contributed by atoms with Gasteiger partial charge in [-0.3, -0.25) is 14.5 Å². The number of halogens is 3. The molecule has 11 heteroatoms. The second kappa shape index (κ2) is 9.26. The molecule has 0 aliphatic carbocycles. The second-order valence-electron chi connectivity index (χ2n) is 9.40. The van der Waals surface area contributed by atoms with Gasteiger partial charge in [0, 0.05) is 54.9 Å². The van der Waals surface area contributed by atoms with Gasteiger partial charge in [-0.1, -0.05) is 12.1 Å². The van der Waals surface area contributed by atoms with Crippen LogP contribution in [0.3, 0.4) is 0 Å². The van der Waals surface area contributed by atoms with E-state index in [9.17, 15) is 18.0 Å². The number of hydrogen-bond donors (Lipinski definition) is 0. The predicted octanol–water partition coefficient (Wildman–Crippen LogP) is 5.13. The summed E-state index contributed by atoms with van der Waals surface area (Å²) in [5.41, 5.74) is 1.54. The van der Waals surface area contributed by atoms with Gasteiger partial charge in [0.1, 0.15) is 5.75 Å². The summed E-state index contributed by atoms with van der Waals surface area (Å²) in [7, 11) is 3.02. The Bertz CT molecular complexity index is 1690. The van der Waals surface area contributed by atoms with Crippen molar-refractivity contribution in [3.63, 3.8) is 0 Å². The monoisotopic (exact) mass is 532 g/mol. The zero-order valence-electron chi connectivity index (χ0n) is 21.1. The van der Waals surface area contributed by atoms with E-state index >= 15 is 0 Å². The van der Waals surface area contributed by atoms with E-state index in [1.54, 1.807) is 67.3 Å². The molecule has 0 saturated carbocycles. The molecule has 39 heavy (non-hydrogen) atoms. The van der Waals surface area contributed by atoms with Crippen molar-refractivity contribution in [3.8, 4) is 16.9 Å². The molecule has 198 valence electrons. The van der Waals surface area contributed by atoms with Crippen LogP contribution in [-0.2, 0) is 26.2 Å². The highest BCUT2D eigenvalue weighted by atomic mass is 19.4. The quantitative estimate of drug-likeness (QED) is 0.314. The Hall–Kier alpha value is -4.67. The molecule has 0 spiro atoms. The Kier molecular flexibility index (Phi) is 5.86. The van der Waals surface area contributed by atoms with E-state index in [1.165, 1.54) is 13.2 Å². The van der Waals surface area contributed by atoms with E-state index in [4.69, 9.17) is 4.74 Å². The first-order valence-corrected chi connectivity index (χ1v) is 12.2. The first-order valence-electron chi connectivity index (χ1n) is 12.2. The van der Waals surface area contributed by atoms with E-state index in [2.05, 4.69) is 15.1 Å². The summed E-state index contributed by atoms with van der Waals surface area (Å²) in [5, 5.41) is 4.41. The van der Waals surface area contributed by atoms with Crippen LogP contribution >= 0.6 is 0 Å². The number of amides is 1. The number of imidazole rings is 1. The number of aryl methyl sites for hydroxylation is 1. The number of aromatic nitrogens is 5. The highest BCUT2D eigenvalue weighted by molar-refractivity contribution is 6.13. The molecule has 2 aromatic carbocycles. The molecule has 1 aliphatic heterocycles. The third-order valence-electron chi connectivity index (χ3n) is 6.98. The maximum absolute atomic E-state index is 14.2. The number of alkyl halides is 3. The fourth-order valence-corrected chi connectivity index (χ4v) is 5.32. The molecule has 8 nitrogen and oxygen atoms in total. The lowest BCUT2D eigenvalue weighted by molar-refractivity contribution is -0.140. The van der Waals surface area contributed by atoms with Crippen LogP contribution < -0.4 is 9.64 Å². The van der Waals surface area contributed by atoms with E-state index in [0.717, 1.165) is 10.1 Å². The van der Waals surface area contributed by atoms with Crippen molar-refractivity contribution in [2.75, 3.05) is 12.0 Å². The van der Waals surface area contributed by atoms with Gasteiger partial charge in [0.25, 0.3) is 5.91 Å². The molecule has 0 N–H and O–H groups in total. The zero-order valence-corrected chi connectivity index (χ0v) is 21.1. The minimum absolute atomic E-state index is 0.0522. The van der Waals surface area contributed by atoms with Gasteiger partial charge in [0.05, 0.1) is 30.7 Å². The largest absolute Gasteiger partial charge is 0.497 e. The summed E-state index contributed by atoms with van der Waals surface area (Å²) >= 11 is 0. The van der Waals surface area contributed by atoms with Crippen molar-refractivity contribution in [2.45, 2.75) is 25.2 Å². The summed E-state index contributed by atoms with van der Waals surface area (Å²) in [6.07, 6.45) is 3.75. The molecular formula is C28H23F3N6O2. The summed E-state index contributed by atoms with van der Waals surface area (Å²) in [6, 6.07) is 11.7. The summed E-state index contributed by atoms with van der Waals surface area (Å²) in [4.78, 5) is 24.5. The summed E-state index contributed by atoms with van der Waals surface area (Å²) < 4.78 is 50.1. The van der Waals surface area contributed by atoms with Gasteiger partial charge in [-0.05, 0) is 47.9 Å². The van der Waals surface area contributed by atoms with Crippen molar-refractivity contribution in [1.29, 1.82) is 0 Å². The standard InChI is InChI=1S/C28H23F3N6O2/c1-35-15-23(26(34-35)28(29,30)31)19-4-3-5-20-21(19)12-17(14-36-11-10-32-16-36)37(27(20)38)25-8-9-33-24-7-6-18(39-2)13-22(24)25/h3-11,13,15-17H,12,14H2,1-2H3. The van der Waals surface area contributed by atoms with Crippen LogP contribution in [0.2, 0.25) is 0 Å². The Balaban J connectivity index is 1.54. The van der Waals surface area contributed by atoms with E-state index < -0.39 is 17.9 Å². The van der Waals surface area contributed by atoms with Crippen molar-refractivity contribution < 1.29 is 22.7 Å². The lowest BCUT2D eigenvalue weighted by atomic mass is 9.86. The van der Waals surface area contributed by atoms with Gasteiger partial charge < -0.3 is 14.2 Å². The first kappa shape index (κ1) is 24.7. The Morgan fingerprint density at radius 3 is 2.64 bits per heavy atom. The Morgan fingerprint density at radius 1 is 1.08 bits per heavy atom. The number of hydrogen-bond acceptors (Lipinski definition) is 5. The number of fused-ring (bicyclic) bond motifs is 2. The van der Waals surface area contributed by atoms with Crippen molar-refractivity contribution in [1.82, 2.24) is 24.3 Å². The normalized spacial score (nSPS) is 15.6. The number of methoxy groups -OCH3 is 1. The molecule has 0 fully saturated rings. The highest BCUT2D eigenvalue weighted by Gasteiger charge is 2.40. The van der Waals surface area contributed by atoms with Crippen LogP contribution in [0.25, 0.3) is 22.0 Å². The second-order valence-corrected chi connectivity index (χ2v) is 9.40. The van der Waals surface area contributed by atoms with Gasteiger partial charge >= 0.3 is 6.18 Å². The van der Waals surface area contributed by atoms with Gasteiger partial charge in [-0.2, -0.15) is 18.3 Å². The molecule has 0 radical (unpaired) electrons. The van der Waals surface area contributed by atoms with Crippen molar-refractivity contribution in [2.24, 2.45) is 7.05 Å². The third-order valence-corrected chi connectivity index (χ3v) is 6.98. The van der Waals surface area contributed by atoms with Crippen LogP contribution in [0.5, 0.6) is 5.75 Å². The van der Waals surface area contributed by atoms with E-state index in [-0.39, 0.29) is 11.5 Å². The molecule has 4 heterocycles. The molecular weight excluding hydrogens is 509 g/mol. The van der Waals surface area contributed by atoms with Gasteiger partial charge in [-0.15, -0.1) is 0 Å². The number of ether oxygens (including phenoxy) is 1. The summed E-state index contributed by atoms with van der Waals surface area (Å²) in [5.74, 6) is 0.308. The zero-order chi connectivity index (χ0) is 27.3. The van der Waals surface area contributed by atoms with Crippen LogP contribution in [0.1, 0.15) is 21.6 Å². The number of carbonyl (C=O) groups excluding carboxylic acids is 1. The van der Waals surface area contributed by atoms with Crippen LogP contribution in [0.4, 0.5) is 18.9 Å². The predicted molar refractivity (Wildman–Crippen MR) is 138 cm³/mol. The highest BCUT2D eigenvalue weighted by Crippen LogP contribution is 2.41. The van der Waals surface area contributed by atoms with Crippen molar-refractivity contribution >= 4 is 22.5 Å². The molecule has 1 atom stereocenters. The van der Waals surface area contributed by atoms with Crippen molar-refractivity contribution in [3.05, 3.63) is 90.4 Å². The van der Waals surface area contributed by atoms with Gasteiger partial charge in [0.15, 0.2) is 5.69 Å². The number of benzene rings is 2. The minimum Gasteiger partial charge on any atom is -0.497 e. The lowest BCUT2D eigenvalue weighted by Gasteiger charge is -2.38. The van der Waals surface area contributed by atoms with E-state index in [1.807, 2.05) is 16.7 Å². The molecule has 5 aromatic rings. The van der Waals surface area contributed by atoms with Crippen LogP contribution in [-0.4, -0.2) is 43.4 Å². The molecule has 0 saturated heterocycles. The molecule has 3 aromatic heterocycles. The molecule has 1 aliphatic rings. The Morgan fingerprint density at radius 2 is 1.90 bits per heavy atom. The number of carbonyl (C=O) groups is 1. The van der Waals surface area contributed by atoms with E-state index in [0.29, 0.717) is 46.6 Å². The fourth-order valence-electron chi connectivity index (χ4n) is 5.32. The molecule has 6 rings (SSSR count). The number of nitrogens with zero attached hydrogens (tertiary/aromatic N) is 6. The maximum atomic E-state index is 14.2. The Labute approximate surface area is 221 Å². The smallest absolute Gasteiger partial charge is 0.435 e. The molecule has 1 unspecified atom stereocenters. The van der Waals surface area contributed by atoms with Gasteiger partial charge in [0.2, 0.25) is 0 Å². The first-order chi connectivity index (χ1) is 18.7. The topological polar surface area (TPSA) is 78.1 Å². The van der Waals surface area contributed by atoms with Crippen LogP contribution in [0.15, 0.2) is 73.6 Å². The summed E-state index contributed by atoms with van der Waals surface area (Å²) in [6.45, 7) is 0.381. The number of rotatable bonds is 5. The lowest BCUT2D eigenvalue weighted by Crippen LogP contribution is -2.48. The number of anilines is 1. The fraction of sp³-hybridized carbons (Fsp3) is 0.214. The van der Waals surface area contributed by atoms with Crippen LogP contribution in [0, 0.1) is 0 Å². The minimum atomic E-state index is -4.64. The van der Waals surface area contributed by atoms with Gasteiger partial charge in [-0.25, -0.2) is 4.98 Å².